The van der Waals surface area contributed by atoms with E-state index in [1.54, 1.807) is 6.92 Å². The van der Waals surface area contributed by atoms with Crippen LogP contribution in [-0.4, -0.2) is 18.7 Å². The first-order valence-electron chi connectivity index (χ1n) is 3.46. The molecule has 0 aliphatic heterocycles. The minimum Gasteiger partial charge on any atom is -0.430 e. The van der Waals surface area contributed by atoms with Crippen LogP contribution in [0.3, 0.4) is 0 Å². The van der Waals surface area contributed by atoms with Gasteiger partial charge in [-0.25, -0.2) is 4.79 Å². The maximum absolute atomic E-state index is 10.7. The van der Waals surface area contributed by atoms with Crippen molar-refractivity contribution in [3.63, 3.8) is 0 Å². The lowest BCUT2D eigenvalue weighted by Gasteiger charge is -2.21. The van der Waals surface area contributed by atoms with E-state index in [1.165, 1.54) is 7.05 Å². The molecule has 11 heavy (non-hydrogen) atoms. The van der Waals surface area contributed by atoms with E-state index < -0.39 is 11.7 Å². The molecule has 3 heteroatoms. The van der Waals surface area contributed by atoms with Crippen molar-refractivity contribution in [2.24, 2.45) is 0 Å². The van der Waals surface area contributed by atoms with Gasteiger partial charge < -0.3 is 10.1 Å². The zero-order valence-electron chi connectivity index (χ0n) is 7.10. The molecule has 0 aliphatic carbocycles. The smallest absolute Gasteiger partial charge is 0.408 e. The van der Waals surface area contributed by atoms with Gasteiger partial charge in [0.1, 0.15) is 0 Å². The van der Waals surface area contributed by atoms with Crippen LogP contribution in [0.2, 0.25) is 0 Å². The van der Waals surface area contributed by atoms with Gasteiger partial charge >= 0.3 is 6.09 Å². The lowest BCUT2D eigenvalue weighted by molar-refractivity contribution is 0.0652. The Morgan fingerprint density at radius 3 is 2.64 bits per heavy atom. The van der Waals surface area contributed by atoms with E-state index in [4.69, 9.17) is 11.2 Å². The van der Waals surface area contributed by atoms with Gasteiger partial charge in [0.2, 0.25) is 0 Å². The van der Waals surface area contributed by atoms with Gasteiger partial charge in [-0.15, -0.1) is 6.42 Å². The predicted molar refractivity (Wildman–Crippen MR) is 43.1 cm³/mol. The van der Waals surface area contributed by atoms with Gasteiger partial charge in [-0.05, 0) is 13.3 Å². The fourth-order valence-electron chi connectivity index (χ4n) is 0.459. The maximum atomic E-state index is 10.7. The van der Waals surface area contributed by atoms with Crippen LogP contribution in [0.25, 0.3) is 0 Å². The predicted octanol–water partition coefficient (Wildman–Crippen LogP) is 1.14. The van der Waals surface area contributed by atoms with E-state index in [0.29, 0.717) is 6.42 Å². The van der Waals surface area contributed by atoms with Crippen LogP contribution in [0, 0.1) is 12.3 Å². The van der Waals surface area contributed by atoms with Crippen molar-refractivity contribution < 1.29 is 9.53 Å². The molecule has 0 radical (unpaired) electrons. The van der Waals surface area contributed by atoms with E-state index in [1.807, 2.05) is 6.92 Å². The van der Waals surface area contributed by atoms with Crippen LogP contribution in [0.4, 0.5) is 4.79 Å². The standard InChI is InChI=1S/C8H13NO2/c1-5-8(3,6-2)11-7(10)9-4/h1H,6H2,2-4H3,(H,9,10). The first kappa shape index (κ1) is 9.83. The molecule has 0 saturated heterocycles. The summed E-state index contributed by atoms with van der Waals surface area (Å²) in [5.74, 6) is 2.41. The summed E-state index contributed by atoms with van der Waals surface area (Å²) in [6, 6.07) is 0. The van der Waals surface area contributed by atoms with Gasteiger partial charge in [0.15, 0.2) is 5.60 Å². The van der Waals surface area contributed by atoms with Crippen LogP contribution < -0.4 is 5.32 Å². The third-order valence-electron chi connectivity index (χ3n) is 1.50. The molecule has 0 fully saturated rings. The molecular formula is C8H13NO2. The number of rotatable bonds is 2. The summed E-state index contributed by atoms with van der Waals surface area (Å²) in [5.41, 5.74) is -0.778. The molecule has 0 rings (SSSR count). The third-order valence-corrected chi connectivity index (χ3v) is 1.50. The largest absolute Gasteiger partial charge is 0.430 e. The Hall–Kier alpha value is -1.17. The van der Waals surface area contributed by atoms with Gasteiger partial charge in [-0.3, -0.25) is 0 Å². The minimum atomic E-state index is -0.778. The molecule has 1 unspecified atom stereocenters. The van der Waals surface area contributed by atoms with Crippen molar-refractivity contribution in [2.45, 2.75) is 25.9 Å². The van der Waals surface area contributed by atoms with Gasteiger partial charge in [-0.2, -0.15) is 0 Å². The zero-order valence-corrected chi connectivity index (χ0v) is 7.10. The highest BCUT2D eigenvalue weighted by atomic mass is 16.6. The summed E-state index contributed by atoms with van der Waals surface area (Å²) in [6.07, 6.45) is 5.28. The molecule has 1 N–H and O–H groups in total. The second-order valence-corrected chi connectivity index (χ2v) is 2.37. The van der Waals surface area contributed by atoms with Crippen molar-refractivity contribution in [1.29, 1.82) is 0 Å². The molecule has 0 aromatic carbocycles. The third kappa shape index (κ3) is 2.94. The SMILES string of the molecule is C#CC(C)(CC)OC(=O)NC. The number of terminal acetylenes is 1. The molecule has 0 saturated carbocycles. The summed E-state index contributed by atoms with van der Waals surface area (Å²) < 4.78 is 4.90. The lowest BCUT2D eigenvalue weighted by Crippen LogP contribution is -2.33. The van der Waals surface area contributed by atoms with E-state index in [0.717, 1.165) is 0 Å². The number of hydrogen-bond acceptors (Lipinski definition) is 2. The average molecular weight is 155 g/mol. The summed E-state index contributed by atoms with van der Waals surface area (Å²) in [4.78, 5) is 10.7. The number of hydrogen-bond donors (Lipinski definition) is 1. The van der Waals surface area contributed by atoms with Crippen molar-refractivity contribution in [3.05, 3.63) is 0 Å². The highest BCUT2D eigenvalue weighted by Gasteiger charge is 2.22. The van der Waals surface area contributed by atoms with Crippen LogP contribution >= 0.6 is 0 Å². The van der Waals surface area contributed by atoms with Crippen molar-refractivity contribution in [1.82, 2.24) is 5.32 Å². The van der Waals surface area contributed by atoms with Crippen LogP contribution in [-0.2, 0) is 4.74 Å². The Morgan fingerprint density at radius 2 is 2.36 bits per heavy atom. The van der Waals surface area contributed by atoms with Gasteiger partial charge in [0.25, 0.3) is 0 Å². The molecule has 3 nitrogen and oxygen atoms in total. The molecular weight excluding hydrogens is 142 g/mol. The Balaban J connectivity index is 4.11. The van der Waals surface area contributed by atoms with E-state index in [2.05, 4.69) is 11.2 Å². The maximum Gasteiger partial charge on any atom is 0.408 e. The number of nitrogens with one attached hydrogen (secondary N) is 1. The quantitative estimate of drug-likeness (QED) is 0.607. The Kier molecular flexibility index (Phi) is 3.46. The topological polar surface area (TPSA) is 38.3 Å². The second-order valence-electron chi connectivity index (χ2n) is 2.37. The second kappa shape index (κ2) is 3.87. The minimum absolute atomic E-state index is 0.493. The summed E-state index contributed by atoms with van der Waals surface area (Å²) >= 11 is 0. The Morgan fingerprint density at radius 1 is 1.82 bits per heavy atom. The number of carbonyl (C=O) groups is 1. The molecule has 0 heterocycles. The van der Waals surface area contributed by atoms with Gasteiger partial charge in [-0.1, -0.05) is 12.8 Å². The van der Waals surface area contributed by atoms with E-state index >= 15 is 0 Å². The normalized spacial score (nSPS) is 14.4. The number of carbonyl (C=O) groups excluding carboxylic acids is 1. The highest BCUT2D eigenvalue weighted by Crippen LogP contribution is 2.12. The number of ether oxygens (including phenoxy) is 1. The fourth-order valence-corrected chi connectivity index (χ4v) is 0.459. The molecule has 0 aromatic rings. The molecule has 0 spiro atoms. The van der Waals surface area contributed by atoms with E-state index in [9.17, 15) is 4.79 Å². The molecule has 0 bridgehead atoms. The average Bonchev–Trinajstić information content (AvgIpc) is 2.04. The van der Waals surface area contributed by atoms with Crippen LogP contribution in [0.5, 0.6) is 0 Å². The molecule has 1 amide bonds. The van der Waals surface area contributed by atoms with Crippen molar-refractivity contribution in [3.8, 4) is 12.3 Å². The Labute approximate surface area is 67.1 Å². The Bertz CT molecular complexity index is 183. The molecule has 1 atom stereocenters. The van der Waals surface area contributed by atoms with Crippen LogP contribution in [0.15, 0.2) is 0 Å². The first-order chi connectivity index (χ1) is 5.08. The van der Waals surface area contributed by atoms with Crippen molar-refractivity contribution >= 4 is 6.09 Å². The van der Waals surface area contributed by atoms with Crippen molar-refractivity contribution in [2.75, 3.05) is 7.05 Å². The van der Waals surface area contributed by atoms with E-state index in [-0.39, 0.29) is 0 Å². The molecule has 62 valence electrons. The van der Waals surface area contributed by atoms with Crippen LogP contribution in [0.1, 0.15) is 20.3 Å². The first-order valence-corrected chi connectivity index (χ1v) is 3.46. The monoisotopic (exact) mass is 155 g/mol. The number of amides is 1. The summed E-state index contributed by atoms with van der Waals surface area (Å²) in [6.45, 7) is 3.56. The lowest BCUT2D eigenvalue weighted by atomic mass is 10.1. The summed E-state index contributed by atoms with van der Waals surface area (Å²) in [7, 11) is 1.49. The molecule has 0 aliphatic rings. The fraction of sp³-hybridized carbons (Fsp3) is 0.625. The molecule has 0 aromatic heterocycles. The van der Waals surface area contributed by atoms with Gasteiger partial charge in [0, 0.05) is 7.05 Å². The zero-order chi connectivity index (χ0) is 8.91. The van der Waals surface area contributed by atoms with Gasteiger partial charge in [0.05, 0.1) is 0 Å². The highest BCUT2D eigenvalue weighted by molar-refractivity contribution is 5.67. The number of alkyl carbamates (subject to hydrolysis) is 1. The summed E-state index contributed by atoms with van der Waals surface area (Å²) in [5, 5.41) is 2.33.